The van der Waals surface area contributed by atoms with Crippen LogP contribution in [0.25, 0.3) is 0 Å². The summed E-state index contributed by atoms with van der Waals surface area (Å²) in [6, 6.07) is 0. The Hall–Kier alpha value is 7.32. The quantitative estimate of drug-likeness (QED) is 0.118. The Kier molecular flexibility index (Phi) is 17.6. The number of thiol groups is 1. The maximum atomic E-state index is 5.75. The van der Waals surface area contributed by atoms with Crippen molar-refractivity contribution in [1.82, 2.24) is 0 Å². The molecule has 4 fully saturated rings. The molecule has 4 aliphatic rings. The van der Waals surface area contributed by atoms with Gasteiger partial charge in [0, 0.05) is 0 Å². The molecule has 0 aromatic carbocycles. The molecule has 4 heterocycles. The van der Waals surface area contributed by atoms with Crippen LogP contribution in [0.5, 0.6) is 0 Å². The van der Waals surface area contributed by atoms with Crippen molar-refractivity contribution in [2.24, 2.45) is 0 Å². The van der Waals surface area contributed by atoms with Crippen LogP contribution in [0.15, 0.2) is 0 Å². The Morgan fingerprint density at radius 3 is 0.684 bits per heavy atom. The van der Waals surface area contributed by atoms with Gasteiger partial charge in [0.1, 0.15) is 14.6 Å². The van der Waals surface area contributed by atoms with E-state index in [0.717, 1.165) is 0 Å². The first-order valence-corrected chi connectivity index (χ1v) is 26.3. The molecule has 4 saturated heterocycles. The van der Waals surface area contributed by atoms with Gasteiger partial charge in [-0.1, -0.05) is 47.2 Å². The Balaban J connectivity index is -0.000000512. The van der Waals surface area contributed by atoms with Crippen LogP contribution in [-0.4, -0.2) is 0 Å². The fourth-order valence-electron chi connectivity index (χ4n) is 0.914. The maximum Gasteiger partial charge on any atom is 1.00 e. The molecule has 0 aromatic rings. The van der Waals surface area contributed by atoms with Gasteiger partial charge < -0.3 is 30.5 Å². The zero-order valence-electron chi connectivity index (χ0n) is 9.70. The van der Waals surface area contributed by atoms with Crippen LogP contribution in [0, 0.1) is 0 Å². The first-order chi connectivity index (χ1) is 6.24. The third-order valence-electron chi connectivity index (χ3n) is 1.20. The Morgan fingerprint density at radius 2 is 0.579 bits per heavy atom. The summed E-state index contributed by atoms with van der Waals surface area (Å²) in [6.07, 6.45) is 0. The molecule has 4 aliphatic heterocycles. The first kappa shape index (κ1) is 31.0. The van der Waals surface area contributed by atoms with Gasteiger partial charge in [-0.2, -0.15) is 0 Å². The standard InChI is InChI=1S/BrH.3Li.P4S10.H2S/c;;;;5-1-9-2(6)12-3(7,10-1)14-4(8,11-1)13-2;/h1H;;;;;1H2/q;3*+1;;/p-2. The monoisotopic (exact) mass is 577 g/mol. The minimum Gasteiger partial charge on any atom is -1.00 e. The number of hydrogen-bond donors (Lipinski definition) is 0. The van der Waals surface area contributed by atoms with E-state index in [2.05, 4.69) is 0 Å². The Labute approximate surface area is 210 Å². The summed E-state index contributed by atoms with van der Waals surface area (Å²) >= 11 is 34.5. The van der Waals surface area contributed by atoms with Crippen molar-refractivity contribution in [3.63, 3.8) is 0 Å². The SMILES string of the molecule is S=P12SP3(=S)SP(=S)(S1)SP(=S)(S2)S3.[Br-].[Li+].[Li+].[Li+].[SH-]. The molecule has 0 unspecified atom stereocenters. The van der Waals surface area contributed by atoms with Gasteiger partial charge in [-0.3, -0.25) is 0 Å². The van der Waals surface area contributed by atoms with Crippen molar-refractivity contribution in [2.75, 3.05) is 0 Å². The smallest absolute Gasteiger partial charge is 1.00 e. The van der Waals surface area contributed by atoms with Crippen LogP contribution in [-0.2, 0) is 60.7 Å². The average molecular weight is 578 g/mol. The van der Waals surface area contributed by atoms with Gasteiger partial charge in [0.25, 0.3) is 0 Å². The van der Waals surface area contributed by atoms with E-state index in [1.54, 1.807) is 0 Å². The molecule has 4 rings (SSSR count). The molecular weight excluding hydrogens is 577 g/mol. The van der Waals surface area contributed by atoms with Crippen molar-refractivity contribution in [2.45, 2.75) is 0 Å². The fourth-order valence-corrected chi connectivity index (χ4v) is 222. The zero-order chi connectivity index (χ0) is 10.2. The summed E-state index contributed by atoms with van der Waals surface area (Å²) in [5.41, 5.74) is 0. The number of rotatable bonds is 0. The summed E-state index contributed by atoms with van der Waals surface area (Å²) in [5, 5.41) is 0. The molecule has 0 saturated carbocycles. The second kappa shape index (κ2) is 10.8. The summed E-state index contributed by atoms with van der Waals surface area (Å²) in [5.74, 6) is 0. The van der Waals surface area contributed by atoms with Gasteiger partial charge in [-0.05, 0) is 66.0 Å². The Morgan fingerprint density at radius 1 is 0.474 bits per heavy atom. The third-order valence-corrected chi connectivity index (χ3v) is 97.2. The number of halogens is 1. The van der Waals surface area contributed by atoms with Gasteiger partial charge in [0.2, 0.25) is 0 Å². The van der Waals surface area contributed by atoms with Crippen molar-refractivity contribution in [3.05, 3.63) is 0 Å². The molecule has 0 spiro atoms. The molecule has 0 aliphatic carbocycles. The molecule has 0 nitrogen and oxygen atoms in total. The number of hydrogen-bond acceptors (Lipinski definition) is 11. The molecule has 0 amide bonds. The van der Waals surface area contributed by atoms with Crippen LogP contribution < -0.4 is 73.6 Å². The molecule has 19 heavy (non-hydrogen) atoms. The van der Waals surface area contributed by atoms with Crippen molar-refractivity contribution in [3.8, 4) is 0 Å². The molecule has 96 valence electrons. The molecule has 19 heteroatoms. The molecular formula is HBrLi3P4S11+. The summed E-state index contributed by atoms with van der Waals surface area (Å²) in [4.78, 5) is 0. The van der Waals surface area contributed by atoms with E-state index in [1.165, 1.54) is 0 Å². The molecule has 0 N–H and O–H groups in total. The average Bonchev–Trinajstić information content (AvgIpc) is 1.67. The maximum absolute atomic E-state index is 5.75. The van der Waals surface area contributed by atoms with E-state index in [4.69, 9.17) is 47.2 Å². The summed E-state index contributed by atoms with van der Waals surface area (Å²) < 4.78 is -5.64. The van der Waals surface area contributed by atoms with Crippen LogP contribution in [0.2, 0.25) is 0 Å². The predicted molar refractivity (Wildman–Crippen MR) is 111 cm³/mol. The molecule has 0 aromatic heterocycles. The molecule has 0 radical (unpaired) electrons. The van der Waals surface area contributed by atoms with E-state index in [1.807, 2.05) is 66.0 Å². The minimum atomic E-state index is -1.41. The van der Waals surface area contributed by atoms with E-state index >= 15 is 0 Å². The van der Waals surface area contributed by atoms with E-state index < -0.39 is 14.6 Å². The van der Waals surface area contributed by atoms with Crippen molar-refractivity contribution in [1.29, 1.82) is 0 Å². The topological polar surface area (TPSA) is 0 Å². The molecule has 0 atom stereocenters. The minimum absolute atomic E-state index is 0. The van der Waals surface area contributed by atoms with Gasteiger partial charge >= 0.3 is 56.6 Å². The third kappa shape index (κ3) is 7.34. The first-order valence-electron chi connectivity index (χ1n) is 2.92. The fraction of sp³-hybridized carbons (Fsp3) is 0. The van der Waals surface area contributed by atoms with Crippen molar-refractivity contribution < 1.29 is 73.6 Å². The van der Waals surface area contributed by atoms with E-state index in [0.29, 0.717) is 0 Å². The Bertz CT molecular complexity index is 362. The largest absolute Gasteiger partial charge is 1.00 e. The van der Waals surface area contributed by atoms with Crippen LogP contribution in [0.4, 0.5) is 0 Å². The van der Waals surface area contributed by atoms with Gasteiger partial charge in [0.15, 0.2) is 0 Å². The predicted octanol–water partition coefficient (Wildman–Crippen LogP) is -4.93. The van der Waals surface area contributed by atoms with E-state index in [-0.39, 0.29) is 87.1 Å². The molecule has 4 bridgehead atoms. The van der Waals surface area contributed by atoms with Gasteiger partial charge in [0.05, 0.1) is 0 Å². The van der Waals surface area contributed by atoms with Crippen LogP contribution in [0.1, 0.15) is 0 Å². The van der Waals surface area contributed by atoms with Crippen LogP contribution in [0.3, 0.4) is 0 Å². The summed E-state index contributed by atoms with van der Waals surface area (Å²) in [6.45, 7) is 0. The van der Waals surface area contributed by atoms with Crippen LogP contribution >= 0.6 is 80.6 Å². The van der Waals surface area contributed by atoms with E-state index in [9.17, 15) is 0 Å². The second-order valence-electron chi connectivity index (χ2n) is 2.28. The normalized spacial score (nSPS) is 48.4. The van der Waals surface area contributed by atoms with Gasteiger partial charge in [-0.25, -0.2) is 0 Å². The zero-order valence-corrected chi connectivity index (χ0v) is 23.9. The summed E-state index contributed by atoms with van der Waals surface area (Å²) in [7, 11) is 0. The van der Waals surface area contributed by atoms with Crippen molar-refractivity contribution >= 4 is 141 Å². The van der Waals surface area contributed by atoms with Gasteiger partial charge in [-0.15, -0.1) is 0 Å². The second-order valence-corrected chi connectivity index (χ2v) is 61.5.